The third-order valence-electron chi connectivity index (χ3n) is 2.63. The summed E-state index contributed by atoms with van der Waals surface area (Å²) in [6, 6.07) is 1.83. The van der Waals surface area contributed by atoms with Crippen LogP contribution in [0.5, 0.6) is 0 Å². The van der Waals surface area contributed by atoms with Crippen LogP contribution < -0.4 is 5.32 Å². The lowest BCUT2D eigenvalue weighted by molar-refractivity contribution is 0.0169. The summed E-state index contributed by atoms with van der Waals surface area (Å²) in [6.45, 7) is 1.42. The first-order valence-corrected chi connectivity index (χ1v) is 7.91. The van der Waals surface area contributed by atoms with Gasteiger partial charge in [0.1, 0.15) is 0 Å². The van der Waals surface area contributed by atoms with Crippen LogP contribution in [0.15, 0.2) is 14.3 Å². The molecule has 0 radical (unpaired) electrons. The SMILES string of the molecule is O=C(NCC1CCCCO1)c1cc(Br)c(Br)s1. The molecule has 0 aliphatic carbocycles. The Bertz CT molecular complexity index is 383. The molecule has 1 unspecified atom stereocenters. The van der Waals surface area contributed by atoms with Crippen molar-refractivity contribution in [3.05, 3.63) is 19.2 Å². The van der Waals surface area contributed by atoms with Crippen molar-refractivity contribution < 1.29 is 9.53 Å². The van der Waals surface area contributed by atoms with E-state index in [1.807, 2.05) is 6.07 Å². The molecule has 1 fully saturated rings. The minimum absolute atomic E-state index is 0.0319. The molecule has 0 saturated carbocycles. The van der Waals surface area contributed by atoms with Crippen molar-refractivity contribution in [3.63, 3.8) is 0 Å². The molecule has 1 aromatic rings. The number of halogens is 2. The molecule has 1 atom stereocenters. The highest BCUT2D eigenvalue weighted by Gasteiger charge is 2.16. The summed E-state index contributed by atoms with van der Waals surface area (Å²) < 4.78 is 7.42. The van der Waals surface area contributed by atoms with Gasteiger partial charge in [0, 0.05) is 17.6 Å². The number of nitrogens with one attached hydrogen (secondary N) is 1. The van der Waals surface area contributed by atoms with Crippen LogP contribution in [0.25, 0.3) is 0 Å². The van der Waals surface area contributed by atoms with Crippen molar-refractivity contribution in [3.8, 4) is 0 Å². The van der Waals surface area contributed by atoms with Crippen molar-refractivity contribution in [2.45, 2.75) is 25.4 Å². The van der Waals surface area contributed by atoms with E-state index in [2.05, 4.69) is 37.2 Å². The number of hydrogen-bond acceptors (Lipinski definition) is 3. The first-order valence-electron chi connectivity index (χ1n) is 5.51. The third kappa shape index (κ3) is 3.77. The van der Waals surface area contributed by atoms with Gasteiger partial charge in [0.15, 0.2) is 0 Å². The van der Waals surface area contributed by atoms with Crippen LogP contribution in [-0.4, -0.2) is 25.2 Å². The summed E-state index contributed by atoms with van der Waals surface area (Å²) in [7, 11) is 0. The van der Waals surface area contributed by atoms with Gasteiger partial charge in [0.2, 0.25) is 0 Å². The highest BCUT2D eigenvalue weighted by atomic mass is 79.9. The van der Waals surface area contributed by atoms with E-state index in [9.17, 15) is 4.79 Å². The molecular formula is C11H13Br2NO2S. The quantitative estimate of drug-likeness (QED) is 0.867. The molecule has 94 valence electrons. The monoisotopic (exact) mass is 381 g/mol. The molecule has 1 amide bonds. The highest BCUT2D eigenvalue weighted by molar-refractivity contribution is 9.13. The molecule has 2 heterocycles. The average Bonchev–Trinajstić information content (AvgIpc) is 2.68. The van der Waals surface area contributed by atoms with Crippen LogP contribution in [0.2, 0.25) is 0 Å². The Morgan fingerprint density at radius 1 is 1.53 bits per heavy atom. The number of carbonyl (C=O) groups excluding carboxylic acids is 1. The predicted molar refractivity (Wildman–Crippen MR) is 75.6 cm³/mol. The Morgan fingerprint density at radius 2 is 2.35 bits per heavy atom. The maximum absolute atomic E-state index is 11.9. The van der Waals surface area contributed by atoms with Gasteiger partial charge in [0.05, 0.1) is 14.8 Å². The summed E-state index contributed by atoms with van der Waals surface area (Å²) >= 11 is 8.18. The Balaban J connectivity index is 1.84. The zero-order valence-corrected chi connectivity index (χ0v) is 13.2. The van der Waals surface area contributed by atoms with Crippen molar-refractivity contribution in [1.82, 2.24) is 5.32 Å². The lowest BCUT2D eigenvalue weighted by Gasteiger charge is -2.22. The largest absolute Gasteiger partial charge is 0.376 e. The predicted octanol–water partition coefficient (Wildman–Crippen LogP) is 3.57. The maximum atomic E-state index is 11.9. The molecule has 3 nitrogen and oxygen atoms in total. The van der Waals surface area contributed by atoms with E-state index in [0.717, 1.165) is 27.7 Å². The second-order valence-corrected chi connectivity index (χ2v) is 7.16. The Kier molecular flexibility index (Phi) is 5.02. The molecule has 1 aliphatic heterocycles. The summed E-state index contributed by atoms with van der Waals surface area (Å²) in [5, 5.41) is 2.91. The van der Waals surface area contributed by atoms with Crippen molar-refractivity contribution in [2.24, 2.45) is 0 Å². The van der Waals surface area contributed by atoms with E-state index < -0.39 is 0 Å². The number of ether oxygens (including phenoxy) is 1. The molecule has 6 heteroatoms. The van der Waals surface area contributed by atoms with Gasteiger partial charge in [-0.1, -0.05) is 0 Å². The lowest BCUT2D eigenvalue weighted by Crippen LogP contribution is -2.35. The van der Waals surface area contributed by atoms with E-state index in [0.29, 0.717) is 11.4 Å². The summed E-state index contributed by atoms with van der Waals surface area (Å²) in [4.78, 5) is 12.6. The first-order chi connectivity index (χ1) is 8.16. The molecule has 1 aliphatic rings. The van der Waals surface area contributed by atoms with Gasteiger partial charge in [-0.05, 0) is 57.2 Å². The molecule has 1 saturated heterocycles. The molecule has 17 heavy (non-hydrogen) atoms. The Morgan fingerprint density at radius 3 is 2.94 bits per heavy atom. The topological polar surface area (TPSA) is 38.3 Å². The smallest absolute Gasteiger partial charge is 0.261 e. The van der Waals surface area contributed by atoms with Crippen molar-refractivity contribution >= 4 is 49.1 Å². The van der Waals surface area contributed by atoms with E-state index >= 15 is 0 Å². The summed E-state index contributed by atoms with van der Waals surface area (Å²) in [5.74, 6) is -0.0319. The first kappa shape index (κ1) is 13.5. The number of amides is 1. The minimum atomic E-state index is -0.0319. The number of thiophene rings is 1. The number of rotatable bonds is 3. The van der Waals surface area contributed by atoms with E-state index in [-0.39, 0.29) is 12.0 Å². The number of hydrogen-bond donors (Lipinski definition) is 1. The molecular weight excluding hydrogens is 370 g/mol. The van der Waals surface area contributed by atoms with Crippen LogP contribution in [-0.2, 0) is 4.74 Å². The van der Waals surface area contributed by atoms with Gasteiger partial charge in [-0.15, -0.1) is 11.3 Å². The summed E-state index contributed by atoms with van der Waals surface area (Å²) in [6.07, 6.45) is 3.55. The van der Waals surface area contributed by atoms with E-state index in [4.69, 9.17) is 4.74 Å². The van der Waals surface area contributed by atoms with Crippen LogP contribution in [0.3, 0.4) is 0 Å². The molecule has 1 N–H and O–H groups in total. The van der Waals surface area contributed by atoms with E-state index in [1.54, 1.807) is 0 Å². The molecule has 1 aromatic heterocycles. The van der Waals surface area contributed by atoms with Gasteiger partial charge < -0.3 is 10.1 Å². The molecule has 0 spiro atoms. The lowest BCUT2D eigenvalue weighted by atomic mass is 10.1. The molecule has 0 aromatic carbocycles. The second kappa shape index (κ2) is 6.31. The van der Waals surface area contributed by atoms with Gasteiger partial charge in [-0.25, -0.2) is 0 Å². The van der Waals surface area contributed by atoms with Crippen LogP contribution in [0, 0.1) is 0 Å². The Labute approximate surface area is 121 Å². The fourth-order valence-corrected chi connectivity index (χ4v) is 3.67. The normalized spacial score (nSPS) is 20.2. The van der Waals surface area contributed by atoms with Gasteiger partial charge >= 0.3 is 0 Å². The average molecular weight is 383 g/mol. The number of carbonyl (C=O) groups is 1. The summed E-state index contributed by atoms with van der Waals surface area (Å²) in [5.41, 5.74) is 0. The fraction of sp³-hybridized carbons (Fsp3) is 0.545. The van der Waals surface area contributed by atoms with Gasteiger partial charge in [-0.3, -0.25) is 4.79 Å². The maximum Gasteiger partial charge on any atom is 0.261 e. The Hall–Kier alpha value is 0.0900. The standard InChI is InChI=1S/C11H13Br2NO2S/c12-8-5-9(17-10(8)13)11(15)14-6-7-3-1-2-4-16-7/h5,7H,1-4,6H2,(H,14,15). The van der Waals surface area contributed by atoms with Crippen molar-refractivity contribution in [2.75, 3.05) is 13.2 Å². The zero-order chi connectivity index (χ0) is 12.3. The fourth-order valence-electron chi connectivity index (χ4n) is 1.72. The van der Waals surface area contributed by atoms with Gasteiger partial charge in [0.25, 0.3) is 5.91 Å². The highest BCUT2D eigenvalue weighted by Crippen LogP contribution is 2.32. The van der Waals surface area contributed by atoms with Crippen LogP contribution in [0.4, 0.5) is 0 Å². The van der Waals surface area contributed by atoms with Crippen molar-refractivity contribution in [1.29, 1.82) is 0 Å². The third-order valence-corrected chi connectivity index (χ3v) is 5.89. The van der Waals surface area contributed by atoms with Crippen LogP contribution in [0.1, 0.15) is 28.9 Å². The zero-order valence-electron chi connectivity index (χ0n) is 9.17. The van der Waals surface area contributed by atoms with Crippen LogP contribution >= 0.6 is 43.2 Å². The molecule has 2 rings (SSSR count). The molecule has 0 bridgehead atoms. The van der Waals surface area contributed by atoms with E-state index in [1.165, 1.54) is 17.8 Å². The minimum Gasteiger partial charge on any atom is -0.376 e. The van der Waals surface area contributed by atoms with Gasteiger partial charge in [-0.2, -0.15) is 0 Å². The second-order valence-electron chi connectivity index (χ2n) is 3.93.